The van der Waals surface area contributed by atoms with E-state index in [9.17, 15) is 0 Å². The van der Waals surface area contributed by atoms with Gasteiger partial charge in [0.2, 0.25) is 0 Å². The van der Waals surface area contributed by atoms with Crippen molar-refractivity contribution < 1.29 is 4.74 Å². The van der Waals surface area contributed by atoms with Gasteiger partial charge in [0.25, 0.3) is 0 Å². The second kappa shape index (κ2) is 5.41. The molecule has 0 aromatic heterocycles. The fourth-order valence-electron chi connectivity index (χ4n) is 2.62. The van der Waals surface area contributed by atoms with Crippen molar-refractivity contribution in [2.45, 2.75) is 50.0 Å². The second-order valence-electron chi connectivity index (χ2n) is 5.17. The molecule has 1 atom stereocenters. The Labute approximate surface area is 109 Å². The molecule has 1 aromatic carbocycles. The van der Waals surface area contributed by atoms with Gasteiger partial charge in [-0.05, 0) is 50.2 Å². The highest BCUT2D eigenvalue weighted by Gasteiger charge is 2.38. The van der Waals surface area contributed by atoms with E-state index in [1.807, 2.05) is 7.11 Å². The minimum absolute atomic E-state index is 0.0785. The van der Waals surface area contributed by atoms with Crippen LogP contribution in [0.3, 0.4) is 0 Å². The molecule has 1 aliphatic carbocycles. The topological polar surface area (TPSA) is 9.23 Å². The van der Waals surface area contributed by atoms with Gasteiger partial charge in [0, 0.05) is 12.5 Å². The van der Waals surface area contributed by atoms with Gasteiger partial charge in [-0.15, -0.1) is 11.6 Å². The molecule has 1 nitrogen and oxygen atoms in total. The first-order valence-electron chi connectivity index (χ1n) is 6.39. The van der Waals surface area contributed by atoms with Crippen molar-refractivity contribution in [3.8, 4) is 0 Å². The molecule has 1 unspecified atom stereocenters. The van der Waals surface area contributed by atoms with Crippen LogP contribution in [0.1, 0.15) is 36.8 Å². The minimum Gasteiger partial charge on any atom is -0.378 e. The van der Waals surface area contributed by atoms with Crippen LogP contribution in [0.2, 0.25) is 0 Å². The first-order chi connectivity index (χ1) is 8.15. The molecule has 1 fully saturated rings. The van der Waals surface area contributed by atoms with E-state index in [-0.39, 0.29) is 11.0 Å². The molecule has 0 spiro atoms. The maximum absolute atomic E-state index is 6.48. The molecule has 0 radical (unpaired) electrons. The average molecular weight is 253 g/mol. The fraction of sp³-hybridized carbons (Fsp3) is 0.600. The molecule has 1 aromatic rings. The molecule has 0 saturated heterocycles. The Morgan fingerprint density at radius 2 is 2.06 bits per heavy atom. The van der Waals surface area contributed by atoms with Crippen molar-refractivity contribution in [2.24, 2.45) is 0 Å². The third-order valence-electron chi connectivity index (χ3n) is 3.99. The van der Waals surface area contributed by atoms with Crippen LogP contribution in [-0.4, -0.2) is 18.1 Å². The molecule has 94 valence electrons. The summed E-state index contributed by atoms with van der Waals surface area (Å²) in [7, 11) is 1.82. The van der Waals surface area contributed by atoms with Crippen LogP contribution < -0.4 is 0 Å². The number of rotatable bonds is 5. The molecule has 0 heterocycles. The normalized spacial score (nSPS) is 19.7. The zero-order valence-corrected chi connectivity index (χ0v) is 11.5. The van der Waals surface area contributed by atoms with Gasteiger partial charge in [-0.2, -0.15) is 0 Å². The van der Waals surface area contributed by atoms with Crippen molar-refractivity contribution in [3.05, 3.63) is 35.4 Å². The number of aryl methyl sites for hydroxylation is 1. The number of halogens is 1. The Hall–Kier alpha value is -0.530. The van der Waals surface area contributed by atoms with E-state index in [1.54, 1.807) is 0 Å². The SMILES string of the molecule is COC1(CC(Cl)Cc2ccccc2C)CCC1. The minimum atomic E-state index is 0.0785. The Bertz CT molecular complexity index is 365. The van der Waals surface area contributed by atoms with Crippen molar-refractivity contribution in [3.63, 3.8) is 0 Å². The summed E-state index contributed by atoms with van der Waals surface area (Å²) in [5, 5.41) is 0.177. The zero-order chi connectivity index (χ0) is 12.3. The number of ether oxygens (including phenoxy) is 1. The lowest BCUT2D eigenvalue weighted by Crippen LogP contribution is -2.41. The lowest BCUT2D eigenvalue weighted by atomic mass is 9.76. The van der Waals surface area contributed by atoms with Gasteiger partial charge in [0.1, 0.15) is 0 Å². The van der Waals surface area contributed by atoms with Crippen LogP contribution in [0.25, 0.3) is 0 Å². The first kappa shape index (κ1) is 12.9. The molecule has 1 aliphatic rings. The van der Waals surface area contributed by atoms with Crippen LogP contribution in [0.4, 0.5) is 0 Å². The van der Waals surface area contributed by atoms with Gasteiger partial charge in [-0.3, -0.25) is 0 Å². The monoisotopic (exact) mass is 252 g/mol. The summed E-state index contributed by atoms with van der Waals surface area (Å²) in [6.07, 6.45) is 5.53. The van der Waals surface area contributed by atoms with E-state index < -0.39 is 0 Å². The van der Waals surface area contributed by atoms with Crippen molar-refractivity contribution in [1.29, 1.82) is 0 Å². The van der Waals surface area contributed by atoms with Crippen molar-refractivity contribution in [2.75, 3.05) is 7.11 Å². The maximum Gasteiger partial charge on any atom is 0.0693 e. The van der Waals surface area contributed by atoms with Gasteiger partial charge in [-0.25, -0.2) is 0 Å². The summed E-state index contributed by atoms with van der Waals surface area (Å²) in [6, 6.07) is 8.48. The smallest absolute Gasteiger partial charge is 0.0693 e. The molecule has 2 heteroatoms. The molecule has 17 heavy (non-hydrogen) atoms. The molecule has 0 bridgehead atoms. The van der Waals surface area contributed by atoms with Gasteiger partial charge < -0.3 is 4.74 Å². The van der Waals surface area contributed by atoms with Gasteiger partial charge in [0.15, 0.2) is 0 Å². The standard InChI is InChI=1S/C15H21ClO/c1-12-6-3-4-7-13(12)10-14(16)11-15(17-2)8-5-9-15/h3-4,6-7,14H,5,8-11H2,1-2H3. The number of hydrogen-bond donors (Lipinski definition) is 0. The second-order valence-corrected chi connectivity index (χ2v) is 5.79. The van der Waals surface area contributed by atoms with Crippen LogP contribution in [0.15, 0.2) is 24.3 Å². The third-order valence-corrected chi connectivity index (χ3v) is 4.30. The number of benzene rings is 1. The molecule has 0 N–H and O–H groups in total. The molecule has 1 saturated carbocycles. The van der Waals surface area contributed by atoms with E-state index in [4.69, 9.17) is 16.3 Å². The summed E-state index contributed by atoms with van der Waals surface area (Å²) >= 11 is 6.48. The largest absolute Gasteiger partial charge is 0.378 e. The molecule has 0 aliphatic heterocycles. The Morgan fingerprint density at radius 1 is 1.35 bits per heavy atom. The predicted molar refractivity (Wildman–Crippen MR) is 72.7 cm³/mol. The van der Waals surface area contributed by atoms with Gasteiger partial charge >= 0.3 is 0 Å². The van der Waals surface area contributed by atoms with Crippen LogP contribution in [-0.2, 0) is 11.2 Å². The molecule has 2 rings (SSSR count). The highest BCUT2D eigenvalue weighted by molar-refractivity contribution is 6.20. The summed E-state index contributed by atoms with van der Waals surface area (Å²) in [6.45, 7) is 2.15. The predicted octanol–water partition coefficient (Wildman–Crippen LogP) is 4.10. The molecular formula is C15H21ClO. The van der Waals surface area contributed by atoms with E-state index in [0.29, 0.717) is 0 Å². The van der Waals surface area contributed by atoms with Gasteiger partial charge in [0.05, 0.1) is 5.60 Å². The average Bonchev–Trinajstić information content (AvgIpc) is 2.27. The number of hydrogen-bond acceptors (Lipinski definition) is 1. The summed E-state index contributed by atoms with van der Waals surface area (Å²) < 4.78 is 5.63. The molecular weight excluding hydrogens is 232 g/mol. The Kier molecular flexibility index (Phi) is 4.11. The third kappa shape index (κ3) is 3.02. The lowest BCUT2D eigenvalue weighted by molar-refractivity contribution is -0.0777. The fourth-order valence-corrected chi connectivity index (χ4v) is 3.06. The molecule has 0 amide bonds. The van der Waals surface area contributed by atoms with E-state index >= 15 is 0 Å². The van der Waals surface area contributed by atoms with Gasteiger partial charge in [-0.1, -0.05) is 24.3 Å². The zero-order valence-electron chi connectivity index (χ0n) is 10.7. The highest BCUT2D eigenvalue weighted by atomic mass is 35.5. The van der Waals surface area contributed by atoms with Crippen LogP contribution in [0, 0.1) is 6.92 Å². The van der Waals surface area contributed by atoms with Crippen molar-refractivity contribution in [1.82, 2.24) is 0 Å². The number of methoxy groups -OCH3 is 1. The van der Waals surface area contributed by atoms with E-state index in [1.165, 1.54) is 30.4 Å². The highest BCUT2D eigenvalue weighted by Crippen LogP contribution is 2.40. The first-order valence-corrected chi connectivity index (χ1v) is 6.83. The maximum atomic E-state index is 6.48. The Morgan fingerprint density at radius 3 is 2.59 bits per heavy atom. The van der Waals surface area contributed by atoms with E-state index in [2.05, 4.69) is 31.2 Å². The van der Waals surface area contributed by atoms with E-state index in [0.717, 1.165) is 12.8 Å². The lowest BCUT2D eigenvalue weighted by Gasteiger charge is -2.41. The van der Waals surface area contributed by atoms with Crippen LogP contribution >= 0.6 is 11.6 Å². The summed E-state index contributed by atoms with van der Waals surface area (Å²) in [5.74, 6) is 0. The quantitative estimate of drug-likeness (QED) is 0.717. The summed E-state index contributed by atoms with van der Waals surface area (Å²) in [4.78, 5) is 0. The summed E-state index contributed by atoms with van der Waals surface area (Å²) in [5.41, 5.74) is 2.77. The number of alkyl halides is 1. The Balaban J connectivity index is 1.93. The van der Waals surface area contributed by atoms with Crippen LogP contribution in [0.5, 0.6) is 0 Å². The van der Waals surface area contributed by atoms with Crippen molar-refractivity contribution >= 4 is 11.6 Å².